The van der Waals surface area contributed by atoms with E-state index in [2.05, 4.69) is 9.71 Å². The number of nitrogens with one attached hydrogen (secondary N) is 1. The maximum atomic E-state index is 12.2. The van der Waals surface area contributed by atoms with Crippen LogP contribution in [0, 0.1) is 6.92 Å². The predicted octanol–water partition coefficient (Wildman–Crippen LogP) is 0.742. The van der Waals surface area contributed by atoms with Crippen LogP contribution in [0.25, 0.3) is 0 Å². The van der Waals surface area contributed by atoms with E-state index in [1.165, 1.54) is 0 Å². The highest BCUT2D eigenvalue weighted by Gasteiger charge is 2.18. The molecule has 0 unspecified atom stereocenters. The SMILES string of the molecule is CCn1cc(S(=O)(=O)NCc2ncc(C)o2)cc1CN. The van der Waals surface area contributed by atoms with Crippen LogP contribution in [0.5, 0.6) is 0 Å². The van der Waals surface area contributed by atoms with Crippen LogP contribution in [0.4, 0.5) is 0 Å². The fourth-order valence-corrected chi connectivity index (χ4v) is 2.90. The van der Waals surface area contributed by atoms with E-state index >= 15 is 0 Å². The molecule has 0 aliphatic heterocycles. The summed E-state index contributed by atoms with van der Waals surface area (Å²) in [5.41, 5.74) is 6.37. The molecule has 3 N–H and O–H groups in total. The molecule has 0 saturated carbocycles. The van der Waals surface area contributed by atoms with Gasteiger partial charge >= 0.3 is 0 Å². The molecule has 2 heterocycles. The van der Waals surface area contributed by atoms with E-state index in [9.17, 15) is 8.42 Å². The van der Waals surface area contributed by atoms with Gasteiger partial charge in [-0.25, -0.2) is 18.1 Å². The van der Waals surface area contributed by atoms with Crippen LogP contribution in [-0.2, 0) is 29.7 Å². The average molecular weight is 298 g/mol. The Balaban J connectivity index is 2.15. The van der Waals surface area contributed by atoms with Gasteiger partial charge in [0, 0.05) is 25.0 Å². The Morgan fingerprint density at radius 2 is 2.25 bits per heavy atom. The third kappa shape index (κ3) is 3.09. The van der Waals surface area contributed by atoms with Crippen LogP contribution in [0.2, 0.25) is 0 Å². The van der Waals surface area contributed by atoms with Crippen LogP contribution in [0.1, 0.15) is 24.3 Å². The first-order valence-electron chi connectivity index (χ1n) is 6.26. The number of nitrogens with two attached hydrogens (primary N) is 1. The molecule has 2 rings (SSSR count). The number of hydrogen-bond acceptors (Lipinski definition) is 5. The highest BCUT2D eigenvalue weighted by atomic mass is 32.2. The zero-order chi connectivity index (χ0) is 14.8. The highest BCUT2D eigenvalue weighted by molar-refractivity contribution is 7.89. The molecule has 0 fully saturated rings. The van der Waals surface area contributed by atoms with Crippen LogP contribution < -0.4 is 10.5 Å². The first-order chi connectivity index (χ1) is 9.46. The molecule has 2 aromatic heterocycles. The molecule has 0 aliphatic rings. The maximum absolute atomic E-state index is 12.2. The van der Waals surface area contributed by atoms with Crippen molar-refractivity contribution >= 4 is 10.0 Å². The van der Waals surface area contributed by atoms with Gasteiger partial charge in [-0.1, -0.05) is 0 Å². The quantitative estimate of drug-likeness (QED) is 0.818. The lowest BCUT2D eigenvalue weighted by Gasteiger charge is -2.02. The molecule has 0 radical (unpaired) electrons. The highest BCUT2D eigenvalue weighted by Crippen LogP contribution is 2.14. The Morgan fingerprint density at radius 3 is 2.75 bits per heavy atom. The van der Waals surface area contributed by atoms with E-state index in [1.54, 1.807) is 25.4 Å². The minimum Gasteiger partial charge on any atom is -0.445 e. The number of sulfonamides is 1. The minimum absolute atomic E-state index is 0.0193. The Morgan fingerprint density at radius 1 is 1.50 bits per heavy atom. The fourth-order valence-electron chi connectivity index (χ4n) is 1.86. The van der Waals surface area contributed by atoms with Gasteiger partial charge in [-0.2, -0.15) is 0 Å². The van der Waals surface area contributed by atoms with E-state index in [-0.39, 0.29) is 11.4 Å². The van der Waals surface area contributed by atoms with E-state index in [0.717, 1.165) is 5.69 Å². The molecule has 7 nitrogen and oxygen atoms in total. The minimum atomic E-state index is -3.60. The lowest BCUT2D eigenvalue weighted by Crippen LogP contribution is -2.23. The topological polar surface area (TPSA) is 103 Å². The Hall–Kier alpha value is -1.64. The van der Waals surface area contributed by atoms with Crippen molar-refractivity contribution in [2.24, 2.45) is 5.73 Å². The van der Waals surface area contributed by atoms with Crippen LogP contribution >= 0.6 is 0 Å². The second-order valence-electron chi connectivity index (χ2n) is 4.35. The second kappa shape index (κ2) is 5.78. The van der Waals surface area contributed by atoms with Gasteiger partial charge in [-0.3, -0.25) is 0 Å². The fraction of sp³-hybridized carbons (Fsp3) is 0.417. The molecule has 20 heavy (non-hydrogen) atoms. The molecule has 8 heteroatoms. The van der Waals surface area contributed by atoms with Gasteiger partial charge in [0.05, 0.1) is 17.6 Å². The standard InChI is InChI=1S/C12H18N4O3S/c1-3-16-8-11(4-10(16)5-13)20(17,18)15-7-12-14-6-9(2)19-12/h4,6,8,15H,3,5,7,13H2,1-2H3. The van der Waals surface area contributed by atoms with Crippen molar-refractivity contribution in [1.82, 2.24) is 14.3 Å². The van der Waals surface area contributed by atoms with E-state index in [1.807, 2.05) is 11.5 Å². The summed E-state index contributed by atoms with van der Waals surface area (Å²) < 4.78 is 33.8. The molecule has 110 valence electrons. The van der Waals surface area contributed by atoms with Crippen molar-refractivity contribution in [2.45, 2.75) is 38.4 Å². The van der Waals surface area contributed by atoms with E-state index in [0.29, 0.717) is 24.7 Å². The van der Waals surface area contributed by atoms with Crippen LogP contribution in [0.3, 0.4) is 0 Å². The molecule has 0 aromatic carbocycles. The monoisotopic (exact) mass is 298 g/mol. The molecule has 0 saturated heterocycles. The summed E-state index contributed by atoms with van der Waals surface area (Å²) >= 11 is 0. The van der Waals surface area contributed by atoms with Gasteiger partial charge in [0.2, 0.25) is 15.9 Å². The number of aromatic nitrogens is 2. The molecule has 0 spiro atoms. The maximum Gasteiger partial charge on any atom is 0.242 e. The summed E-state index contributed by atoms with van der Waals surface area (Å²) in [6, 6.07) is 1.58. The number of oxazole rings is 1. The molecule has 0 atom stereocenters. The molecule has 0 bridgehead atoms. The van der Waals surface area contributed by atoms with Gasteiger partial charge in [0.25, 0.3) is 0 Å². The van der Waals surface area contributed by atoms with Crippen LogP contribution in [0.15, 0.2) is 27.8 Å². The molecule has 0 amide bonds. The number of hydrogen-bond donors (Lipinski definition) is 2. The third-order valence-electron chi connectivity index (χ3n) is 2.90. The lowest BCUT2D eigenvalue weighted by atomic mass is 10.4. The van der Waals surface area contributed by atoms with Gasteiger partial charge in [0.1, 0.15) is 5.76 Å². The van der Waals surface area contributed by atoms with Gasteiger partial charge in [-0.15, -0.1) is 0 Å². The third-order valence-corrected chi connectivity index (χ3v) is 4.27. The van der Waals surface area contributed by atoms with Crippen molar-refractivity contribution in [1.29, 1.82) is 0 Å². The summed E-state index contributed by atoms with van der Waals surface area (Å²) in [6.45, 7) is 4.66. The zero-order valence-corrected chi connectivity index (χ0v) is 12.3. The first-order valence-corrected chi connectivity index (χ1v) is 7.74. The molecular weight excluding hydrogens is 280 g/mol. The number of rotatable bonds is 6. The summed E-state index contributed by atoms with van der Waals surface area (Å²) in [6.07, 6.45) is 3.12. The number of nitrogens with zero attached hydrogens (tertiary/aromatic N) is 2. The van der Waals surface area contributed by atoms with Crippen molar-refractivity contribution in [3.63, 3.8) is 0 Å². The average Bonchev–Trinajstić information content (AvgIpc) is 3.02. The van der Waals surface area contributed by atoms with Crippen LogP contribution in [-0.4, -0.2) is 18.0 Å². The van der Waals surface area contributed by atoms with Crippen molar-refractivity contribution in [3.05, 3.63) is 35.8 Å². The van der Waals surface area contributed by atoms with Crippen molar-refractivity contribution in [2.75, 3.05) is 0 Å². The van der Waals surface area contributed by atoms with E-state index in [4.69, 9.17) is 10.2 Å². The summed E-state index contributed by atoms with van der Waals surface area (Å²) in [4.78, 5) is 4.15. The van der Waals surface area contributed by atoms with Gasteiger partial charge < -0.3 is 14.7 Å². The van der Waals surface area contributed by atoms with Crippen molar-refractivity contribution < 1.29 is 12.8 Å². The summed E-state index contributed by atoms with van der Waals surface area (Å²) in [5.74, 6) is 0.974. The Kier molecular flexibility index (Phi) is 4.26. The molecule has 2 aromatic rings. The lowest BCUT2D eigenvalue weighted by molar-refractivity contribution is 0.463. The zero-order valence-electron chi connectivity index (χ0n) is 11.5. The smallest absolute Gasteiger partial charge is 0.242 e. The predicted molar refractivity (Wildman–Crippen MR) is 73.3 cm³/mol. The van der Waals surface area contributed by atoms with Gasteiger partial charge in [-0.05, 0) is 19.9 Å². The number of aryl methyl sites for hydroxylation is 2. The second-order valence-corrected chi connectivity index (χ2v) is 6.11. The molecular formula is C12H18N4O3S. The Bertz CT molecular complexity index is 666. The summed E-state index contributed by atoms with van der Waals surface area (Å²) in [7, 11) is -3.60. The first kappa shape index (κ1) is 14.8. The largest absolute Gasteiger partial charge is 0.445 e. The normalized spacial score (nSPS) is 11.9. The summed E-state index contributed by atoms with van der Waals surface area (Å²) in [5, 5.41) is 0. The Labute approximate surface area is 117 Å². The van der Waals surface area contributed by atoms with Crippen molar-refractivity contribution in [3.8, 4) is 0 Å². The molecule has 0 aliphatic carbocycles. The van der Waals surface area contributed by atoms with E-state index < -0.39 is 10.0 Å². The van der Waals surface area contributed by atoms with Gasteiger partial charge in [0.15, 0.2) is 0 Å².